The summed E-state index contributed by atoms with van der Waals surface area (Å²) in [6, 6.07) is 12.5. The van der Waals surface area contributed by atoms with Crippen molar-refractivity contribution in [3.63, 3.8) is 0 Å². The van der Waals surface area contributed by atoms with Gasteiger partial charge in [0.25, 0.3) is 0 Å². The van der Waals surface area contributed by atoms with Gasteiger partial charge >= 0.3 is 11.8 Å². The molecule has 0 atom stereocenters. The van der Waals surface area contributed by atoms with E-state index in [1.165, 1.54) is 7.11 Å². The number of aromatic nitrogens is 2. The molecule has 0 saturated heterocycles. The van der Waals surface area contributed by atoms with Crippen LogP contribution >= 0.6 is 11.6 Å². The van der Waals surface area contributed by atoms with Crippen LogP contribution in [0.4, 0.5) is 5.69 Å². The number of halogens is 1. The number of carbonyl (C=O) groups is 1. The van der Waals surface area contributed by atoms with Gasteiger partial charge < -0.3 is 14.5 Å². The zero-order chi connectivity index (χ0) is 17.1. The Morgan fingerprint density at radius 2 is 2.00 bits per heavy atom. The van der Waals surface area contributed by atoms with Crippen molar-refractivity contribution in [2.45, 2.75) is 6.92 Å². The molecule has 3 rings (SSSR count). The number of nitrogens with one attached hydrogen (secondary N) is 1. The van der Waals surface area contributed by atoms with Crippen molar-refractivity contribution in [3.8, 4) is 17.2 Å². The number of anilines is 1. The van der Waals surface area contributed by atoms with E-state index in [0.29, 0.717) is 22.0 Å². The van der Waals surface area contributed by atoms with Gasteiger partial charge in [0.05, 0.1) is 23.4 Å². The second-order valence-corrected chi connectivity index (χ2v) is 5.46. The van der Waals surface area contributed by atoms with Gasteiger partial charge in [-0.3, -0.25) is 4.79 Å². The summed E-state index contributed by atoms with van der Waals surface area (Å²) in [6.07, 6.45) is 0. The molecule has 1 aromatic heterocycles. The van der Waals surface area contributed by atoms with Crippen LogP contribution in [0.25, 0.3) is 11.5 Å². The summed E-state index contributed by atoms with van der Waals surface area (Å²) in [7, 11) is 1.53. The minimum atomic E-state index is -0.523. The Bertz CT molecular complexity index is 892. The van der Waals surface area contributed by atoms with Crippen molar-refractivity contribution in [1.82, 2.24) is 10.2 Å². The molecule has 2 aromatic carbocycles. The van der Waals surface area contributed by atoms with Gasteiger partial charge in [0.1, 0.15) is 5.75 Å². The van der Waals surface area contributed by atoms with Crippen molar-refractivity contribution in [2.24, 2.45) is 0 Å². The Morgan fingerprint density at radius 1 is 1.21 bits per heavy atom. The zero-order valence-electron chi connectivity index (χ0n) is 13.0. The van der Waals surface area contributed by atoms with E-state index in [1.807, 2.05) is 13.0 Å². The summed E-state index contributed by atoms with van der Waals surface area (Å²) in [6.45, 7) is 1.91. The molecule has 0 bridgehead atoms. The second kappa shape index (κ2) is 6.72. The van der Waals surface area contributed by atoms with Crippen LogP contribution in [-0.2, 0) is 0 Å². The molecule has 0 radical (unpaired) electrons. The molecule has 0 unspecified atom stereocenters. The van der Waals surface area contributed by atoms with Gasteiger partial charge in [-0.15, -0.1) is 10.2 Å². The normalized spacial score (nSPS) is 10.5. The van der Waals surface area contributed by atoms with E-state index in [0.717, 1.165) is 5.56 Å². The third kappa shape index (κ3) is 3.23. The third-order valence-corrected chi connectivity index (χ3v) is 3.66. The minimum absolute atomic E-state index is 0.159. The van der Waals surface area contributed by atoms with E-state index in [2.05, 4.69) is 15.5 Å². The molecule has 0 fully saturated rings. The maximum atomic E-state index is 12.3. The fourth-order valence-electron chi connectivity index (χ4n) is 2.15. The molecule has 3 aromatic rings. The van der Waals surface area contributed by atoms with Gasteiger partial charge in [0.2, 0.25) is 5.89 Å². The highest BCUT2D eigenvalue weighted by Crippen LogP contribution is 2.28. The molecule has 0 aliphatic carbocycles. The van der Waals surface area contributed by atoms with Gasteiger partial charge in [-0.05, 0) is 36.8 Å². The van der Waals surface area contributed by atoms with Gasteiger partial charge in [0.15, 0.2) is 0 Å². The minimum Gasteiger partial charge on any atom is -0.495 e. The van der Waals surface area contributed by atoms with E-state index in [9.17, 15) is 4.79 Å². The number of amides is 1. The molecule has 24 heavy (non-hydrogen) atoms. The largest absolute Gasteiger partial charge is 0.495 e. The van der Waals surface area contributed by atoms with Crippen molar-refractivity contribution in [2.75, 3.05) is 12.4 Å². The van der Waals surface area contributed by atoms with E-state index >= 15 is 0 Å². The van der Waals surface area contributed by atoms with E-state index in [4.69, 9.17) is 20.8 Å². The molecule has 0 spiro atoms. The highest BCUT2D eigenvalue weighted by atomic mass is 35.5. The Morgan fingerprint density at radius 3 is 2.75 bits per heavy atom. The third-order valence-electron chi connectivity index (χ3n) is 3.33. The molecular formula is C17H14ClN3O3. The zero-order valence-corrected chi connectivity index (χ0v) is 13.8. The van der Waals surface area contributed by atoms with Crippen LogP contribution in [-0.4, -0.2) is 23.2 Å². The first-order valence-electron chi connectivity index (χ1n) is 7.13. The van der Waals surface area contributed by atoms with Crippen molar-refractivity contribution in [1.29, 1.82) is 0 Å². The van der Waals surface area contributed by atoms with Crippen LogP contribution < -0.4 is 10.1 Å². The molecule has 7 heteroatoms. The fraction of sp³-hybridized carbons (Fsp3) is 0.118. The maximum Gasteiger partial charge on any atom is 0.313 e. The van der Waals surface area contributed by atoms with E-state index in [1.54, 1.807) is 36.4 Å². The summed E-state index contributed by atoms with van der Waals surface area (Å²) >= 11 is 6.09. The molecular weight excluding hydrogens is 330 g/mol. The lowest BCUT2D eigenvalue weighted by Gasteiger charge is -2.09. The predicted molar refractivity (Wildman–Crippen MR) is 90.4 cm³/mol. The Kier molecular flexibility index (Phi) is 4.48. The van der Waals surface area contributed by atoms with Gasteiger partial charge in [-0.25, -0.2) is 0 Å². The number of aryl methyl sites for hydroxylation is 1. The number of hydrogen-bond acceptors (Lipinski definition) is 5. The molecule has 1 heterocycles. The first kappa shape index (κ1) is 16.0. The predicted octanol–water partition coefficient (Wildman–Crippen LogP) is 3.96. The van der Waals surface area contributed by atoms with E-state index < -0.39 is 5.91 Å². The van der Waals surface area contributed by atoms with Crippen LogP contribution in [0.5, 0.6) is 5.75 Å². The van der Waals surface area contributed by atoms with Gasteiger partial charge in [-0.2, -0.15) is 0 Å². The van der Waals surface area contributed by atoms with E-state index in [-0.39, 0.29) is 11.8 Å². The molecule has 0 aliphatic rings. The highest BCUT2D eigenvalue weighted by Gasteiger charge is 2.18. The fourth-order valence-corrected chi connectivity index (χ4v) is 2.37. The maximum absolute atomic E-state index is 12.3. The van der Waals surface area contributed by atoms with Crippen LogP contribution in [0, 0.1) is 6.92 Å². The summed E-state index contributed by atoms with van der Waals surface area (Å²) in [4.78, 5) is 12.3. The van der Waals surface area contributed by atoms with Crippen molar-refractivity contribution in [3.05, 3.63) is 58.9 Å². The van der Waals surface area contributed by atoms with Crippen LogP contribution in [0.15, 0.2) is 46.9 Å². The molecule has 0 saturated carbocycles. The van der Waals surface area contributed by atoms with Crippen LogP contribution in [0.2, 0.25) is 5.02 Å². The molecule has 0 aliphatic heterocycles. The Balaban J connectivity index is 1.85. The monoisotopic (exact) mass is 343 g/mol. The smallest absolute Gasteiger partial charge is 0.313 e. The van der Waals surface area contributed by atoms with Crippen LogP contribution in [0.1, 0.15) is 16.2 Å². The van der Waals surface area contributed by atoms with Crippen molar-refractivity contribution < 1.29 is 13.9 Å². The second-order valence-electron chi connectivity index (χ2n) is 5.05. The average molecular weight is 344 g/mol. The Labute approximate surface area is 143 Å². The standard InChI is InChI=1S/C17H14ClN3O3/c1-10-7-8-14(23-2)13(9-10)19-15(22)17-21-20-16(24-17)11-5-3-4-6-12(11)18/h3-9H,1-2H3,(H,19,22). The molecule has 6 nitrogen and oxygen atoms in total. The summed E-state index contributed by atoms with van der Waals surface area (Å²) < 4.78 is 10.7. The molecule has 1 amide bonds. The SMILES string of the molecule is COc1ccc(C)cc1NC(=O)c1nnc(-c2ccccc2Cl)o1. The highest BCUT2D eigenvalue weighted by molar-refractivity contribution is 6.33. The quantitative estimate of drug-likeness (QED) is 0.775. The number of rotatable bonds is 4. The van der Waals surface area contributed by atoms with Gasteiger partial charge in [0, 0.05) is 0 Å². The molecule has 122 valence electrons. The number of carbonyl (C=O) groups excluding carboxylic acids is 1. The van der Waals surface area contributed by atoms with Gasteiger partial charge in [-0.1, -0.05) is 29.8 Å². The summed E-state index contributed by atoms with van der Waals surface area (Å²) in [5, 5.41) is 10.8. The average Bonchev–Trinajstić information content (AvgIpc) is 3.05. The number of hydrogen-bond donors (Lipinski definition) is 1. The van der Waals surface area contributed by atoms with Crippen molar-refractivity contribution >= 4 is 23.2 Å². The lowest BCUT2D eigenvalue weighted by atomic mass is 10.2. The number of methoxy groups -OCH3 is 1. The first-order chi connectivity index (χ1) is 11.6. The van der Waals surface area contributed by atoms with Crippen LogP contribution in [0.3, 0.4) is 0 Å². The summed E-state index contributed by atoms with van der Waals surface area (Å²) in [5.41, 5.74) is 2.08. The number of benzene rings is 2. The summed E-state index contributed by atoms with van der Waals surface area (Å²) in [5.74, 6) is 0.0416. The topological polar surface area (TPSA) is 77.2 Å². The first-order valence-corrected chi connectivity index (χ1v) is 7.50. The lowest BCUT2D eigenvalue weighted by molar-refractivity contribution is 0.0990. The molecule has 1 N–H and O–H groups in total. The Hall–Kier alpha value is -2.86. The lowest BCUT2D eigenvalue weighted by Crippen LogP contribution is -2.13. The number of ether oxygens (including phenoxy) is 1. The number of nitrogens with zero attached hydrogens (tertiary/aromatic N) is 2.